The van der Waals surface area contributed by atoms with Gasteiger partial charge in [0.25, 0.3) is 5.91 Å². The zero-order valence-electron chi connectivity index (χ0n) is 9.38. The molecular formula is C12H15ClFNO2. The van der Waals surface area contributed by atoms with Gasteiger partial charge >= 0.3 is 0 Å². The minimum Gasteiger partial charge on any atom is -0.396 e. The van der Waals surface area contributed by atoms with Crippen molar-refractivity contribution in [2.75, 3.05) is 13.2 Å². The van der Waals surface area contributed by atoms with E-state index < -0.39 is 5.82 Å². The van der Waals surface area contributed by atoms with Crippen LogP contribution in [0.5, 0.6) is 0 Å². The first-order chi connectivity index (χ1) is 8.15. The highest BCUT2D eigenvalue weighted by atomic mass is 35.5. The third kappa shape index (κ3) is 4.71. The lowest BCUT2D eigenvalue weighted by Crippen LogP contribution is -2.24. The molecule has 0 aliphatic rings. The molecule has 0 atom stereocenters. The van der Waals surface area contributed by atoms with Gasteiger partial charge in [0.2, 0.25) is 0 Å². The third-order valence-corrected chi connectivity index (χ3v) is 2.59. The van der Waals surface area contributed by atoms with Crippen molar-refractivity contribution in [2.24, 2.45) is 0 Å². The van der Waals surface area contributed by atoms with Crippen LogP contribution in [0.3, 0.4) is 0 Å². The molecule has 1 amide bonds. The van der Waals surface area contributed by atoms with Gasteiger partial charge < -0.3 is 10.4 Å². The Balaban J connectivity index is 2.39. The smallest absolute Gasteiger partial charge is 0.251 e. The zero-order chi connectivity index (χ0) is 12.7. The third-order valence-electron chi connectivity index (χ3n) is 2.30. The molecule has 0 saturated heterocycles. The molecular weight excluding hydrogens is 245 g/mol. The van der Waals surface area contributed by atoms with Gasteiger partial charge in [-0.15, -0.1) is 0 Å². The number of benzene rings is 1. The molecule has 5 heteroatoms. The summed E-state index contributed by atoms with van der Waals surface area (Å²) in [4.78, 5) is 11.6. The molecule has 0 aliphatic carbocycles. The molecule has 0 bridgehead atoms. The highest BCUT2D eigenvalue weighted by Crippen LogP contribution is 2.15. The van der Waals surface area contributed by atoms with E-state index in [1.165, 1.54) is 18.2 Å². The molecule has 0 spiro atoms. The predicted octanol–water partition coefficient (Wildman–Crippen LogP) is 2.37. The van der Waals surface area contributed by atoms with Gasteiger partial charge in [-0.05, 0) is 37.5 Å². The maximum absolute atomic E-state index is 12.9. The van der Waals surface area contributed by atoms with Gasteiger partial charge in [0.15, 0.2) is 0 Å². The van der Waals surface area contributed by atoms with E-state index in [-0.39, 0.29) is 17.5 Å². The summed E-state index contributed by atoms with van der Waals surface area (Å²) in [5.41, 5.74) is 0.346. The first-order valence-electron chi connectivity index (χ1n) is 5.49. The molecule has 0 saturated carbocycles. The number of aliphatic hydroxyl groups is 1. The average Bonchev–Trinajstić information content (AvgIpc) is 2.32. The van der Waals surface area contributed by atoms with Gasteiger partial charge in [-0.2, -0.15) is 0 Å². The second kappa shape index (κ2) is 7.25. The molecule has 3 nitrogen and oxygen atoms in total. The molecule has 0 fully saturated rings. The van der Waals surface area contributed by atoms with E-state index in [1.54, 1.807) is 0 Å². The van der Waals surface area contributed by atoms with Crippen molar-refractivity contribution in [3.05, 3.63) is 34.6 Å². The summed E-state index contributed by atoms with van der Waals surface area (Å²) in [6, 6.07) is 3.87. The summed E-state index contributed by atoms with van der Waals surface area (Å²) < 4.78 is 12.9. The van der Waals surface area contributed by atoms with Crippen molar-refractivity contribution in [3.8, 4) is 0 Å². The van der Waals surface area contributed by atoms with Crippen molar-refractivity contribution in [1.82, 2.24) is 5.32 Å². The normalized spacial score (nSPS) is 10.3. The van der Waals surface area contributed by atoms with Crippen LogP contribution in [0.2, 0.25) is 5.02 Å². The van der Waals surface area contributed by atoms with Crippen molar-refractivity contribution < 1.29 is 14.3 Å². The Kier molecular flexibility index (Phi) is 5.94. The van der Waals surface area contributed by atoms with Crippen LogP contribution in [0.4, 0.5) is 4.39 Å². The second-order valence-electron chi connectivity index (χ2n) is 3.67. The maximum Gasteiger partial charge on any atom is 0.251 e. The van der Waals surface area contributed by atoms with E-state index in [0.29, 0.717) is 12.1 Å². The Bertz CT molecular complexity index is 385. The Morgan fingerprint density at radius 3 is 2.76 bits per heavy atom. The molecule has 1 aromatic rings. The number of hydrogen-bond acceptors (Lipinski definition) is 2. The van der Waals surface area contributed by atoms with Gasteiger partial charge in [-0.1, -0.05) is 11.6 Å². The van der Waals surface area contributed by atoms with Crippen LogP contribution in [0.15, 0.2) is 18.2 Å². The van der Waals surface area contributed by atoms with Gasteiger partial charge in [-0.25, -0.2) is 4.39 Å². The van der Waals surface area contributed by atoms with Gasteiger partial charge in [0.1, 0.15) is 5.82 Å². The first kappa shape index (κ1) is 13.9. The molecule has 1 rings (SSSR count). The zero-order valence-corrected chi connectivity index (χ0v) is 10.1. The van der Waals surface area contributed by atoms with Crippen LogP contribution >= 0.6 is 11.6 Å². The van der Waals surface area contributed by atoms with Crippen LogP contribution in [0.1, 0.15) is 29.6 Å². The van der Waals surface area contributed by atoms with Crippen LogP contribution in [-0.2, 0) is 0 Å². The fourth-order valence-electron chi connectivity index (χ4n) is 1.35. The van der Waals surface area contributed by atoms with E-state index in [9.17, 15) is 9.18 Å². The molecule has 0 heterocycles. The first-order valence-corrected chi connectivity index (χ1v) is 5.87. The fraction of sp³-hybridized carbons (Fsp3) is 0.417. The van der Waals surface area contributed by atoms with Crippen molar-refractivity contribution in [2.45, 2.75) is 19.3 Å². The highest BCUT2D eigenvalue weighted by Gasteiger charge is 2.07. The van der Waals surface area contributed by atoms with E-state index in [0.717, 1.165) is 19.3 Å². The van der Waals surface area contributed by atoms with E-state index in [2.05, 4.69) is 5.32 Å². The summed E-state index contributed by atoms with van der Waals surface area (Å²) in [7, 11) is 0. The van der Waals surface area contributed by atoms with Crippen molar-refractivity contribution in [1.29, 1.82) is 0 Å². The number of carbonyl (C=O) groups excluding carboxylic acids is 1. The number of nitrogens with one attached hydrogen (secondary N) is 1. The standard InChI is InChI=1S/C12H15ClFNO2/c13-10-8-9(4-5-11(10)14)12(17)15-6-2-1-3-7-16/h4-5,8,16H,1-3,6-7H2,(H,15,17). The lowest BCUT2D eigenvalue weighted by Gasteiger charge is -2.05. The number of carbonyl (C=O) groups is 1. The number of unbranched alkanes of at least 4 members (excludes halogenated alkanes) is 2. The minimum atomic E-state index is -0.536. The SMILES string of the molecule is O=C(NCCCCCO)c1ccc(F)c(Cl)c1. The quantitative estimate of drug-likeness (QED) is 0.771. The second-order valence-corrected chi connectivity index (χ2v) is 4.08. The molecule has 1 aromatic carbocycles. The van der Waals surface area contributed by atoms with Crippen LogP contribution in [0, 0.1) is 5.82 Å². The topological polar surface area (TPSA) is 49.3 Å². The summed E-state index contributed by atoms with van der Waals surface area (Å²) in [6.07, 6.45) is 2.40. The number of amides is 1. The Morgan fingerprint density at radius 1 is 1.35 bits per heavy atom. The van der Waals surface area contributed by atoms with E-state index in [1.807, 2.05) is 0 Å². The van der Waals surface area contributed by atoms with Crippen LogP contribution in [0.25, 0.3) is 0 Å². The molecule has 0 unspecified atom stereocenters. The summed E-state index contributed by atoms with van der Waals surface area (Å²) >= 11 is 5.58. The number of aliphatic hydroxyl groups excluding tert-OH is 1. The average molecular weight is 260 g/mol. The summed E-state index contributed by atoms with van der Waals surface area (Å²) in [5, 5.41) is 11.2. The van der Waals surface area contributed by atoms with Crippen LogP contribution < -0.4 is 5.32 Å². The van der Waals surface area contributed by atoms with Crippen molar-refractivity contribution in [3.63, 3.8) is 0 Å². The van der Waals surface area contributed by atoms with Gasteiger partial charge in [-0.3, -0.25) is 4.79 Å². The van der Waals surface area contributed by atoms with Crippen LogP contribution in [-0.4, -0.2) is 24.2 Å². The number of rotatable bonds is 6. The Labute approximate surface area is 105 Å². The minimum absolute atomic E-state index is 0.0575. The number of hydrogen-bond donors (Lipinski definition) is 2. The summed E-state index contributed by atoms with van der Waals surface area (Å²) in [5.74, 6) is -0.804. The molecule has 94 valence electrons. The molecule has 2 N–H and O–H groups in total. The molecule has 0 radical (unpaired) electrons. The highest BCUT2D eigenvalue weighted by molar-refractivity contribution is 6.31. The van der Waals surface area contributed by atoms with Gasteiger partial charge in [0, 0.05) is 18.7 Å². The monoisotopic (exact) mass is 259 g/mol. The van der Waals surface area contributed by atoms with Gasteiger partial charge in [0.05, 0.1) is 5.02 Å². The fourth-order valence-corrected chi connectivity index (χ4v) is 1.54. The summed E-state index contributed by atoms with van der Waals surface area (Å²) in [6.45, 7) is 0.704. The molecule has 17 heavy (non-hydrogen) atoms. The largest absolute Gasteiger partial charge is 0.396 e. The lowest BCUT2D eigenvalue weighted by atomic mass is 10.2. The number of halogens is 2. The van der Waals surface area contributed by atoms with Crippen molar-refractivity contribution >= 4 is 17.5 Å². The Hall–Kier alpha value is -1.13. The molecule has 0 aromatic heterocycles. The lowest BCUT2D eigenvalue weighted by molar-refractivity contribution is 0.0953. The predicted molar refractivity (Wildman–Crippen MR) is 64.7 cm³/mol. The maximum atomic E-state index is 12.9. The molecule has 0 aliphatic heterocycles. The Morgan fingerprint density at radius 2 is 2.12 bits per heavy atom. The van der Waals surface area contributed by atoms with E-state index in [4.69, 9.17) is 16.7 Å². The van der Waals surface area contributed by atoms with E-state index >= 15 is 0 Å².